The van der Waals surface area contributed by atoms with E-state index in [1.165, 1.54) is 30.4 Å². The summed E-state index contributed by atoms with van der Waals surface area (Å²) in [6.07, 6.45) is 4.61. The van der Waals surface area contributed by atoms with Gasteiger partial charge in [-0.1, -0.05) is 31.2 Å². The molecule has 1 aliphatic rings. The van der Waals surface area contributed by atoms with Gasteiger partial charge < -0.3 is 10.4 Å². The van der Waals surface area contributed by atoms with Crippen LogP contribution in [0.3, 0.4) is 0 Å². The number of aliphatic hydroxyl groups is 1. The molecule has 2 atom stereocenters. The molecule has 2 N–H and O–H groups in total. The summed E-state index contributed by atoms with van der Waals surface area (Å²) >= 11 is 0. The maximum atomic E-state index is 9.24. The largest absolute Gasteiger partial charge is 0.395 e. The maximum absolute atomic E-state index is 9.24. The van der Waals surface area contributed by atoms with Gasteiger partial charge in [0, 0.05) is 12.1 Å². The highest BCUT2D eigenvalue weighted by Gasteiger charge is 2.21. The molecule has 0 bridgehead atoms. The normalized spacial score (nSPS) is 21.5. The molecule has 1 unspecified atom stereocenters. The second-order valence-electron chi connectivity index (χ2n) is 4.60. The van der Waals surface area contributed by atoms with Crippen molar-refractivity contribution in [1.82, 2.24) is 5.32 Å². The molecule has 2 nitrogen and oxygen atoms in total. The Labute approximate surface area is 97.7 Å². The van der Waals surface area contributed by atoms with Crippen LogP contribution in [0.1, 0.15) is 43.4 Å². The molecule has 0 aliphatic heterocycles. The molecule has 0 radical (unpaired) electrons. The van der Waals surface area contributed by atoms with E-state index in [1.807, 2.05) is 0 Å². The van der Waals surface area contributed by atoms with Crippen LogP contribution in [-0.2, 0) is 6.42 Å². The Balaban J connectivity index is 2.12. The fraction of sp³-hybridized carbons (Fsp3) is 0.571. The van der Waals surface area contributed by atoms with Gasteiger partial charge >= 0.3 is 0 Å². The number of hydrogen-bond donors (Lipinski definition) is 2. The van der Waals surface area contributed by atoms with E-state index in [0.29, 0.717) is 6.04 Å². The molecule has 0 saturated carbocycles. The first kappa shape index (κ1) is 11.6. The molecule has 1 aromatic rings. The Morgan fingerprint density at radius 1 is 1.44 bits per heavy atom. The highest BCUT2D eigenvalue weighted by atomic mass is 16.3. The first-order valence-corrected chi connectivity index (χ1v) is 6.30. The van der Waals surface area contributed by atoms with E-state index in [9.17, 15) is 5.11 Å². The molecule has 1 aliphatic carbocycles. The lowest BCUT2D eigenvalue weighted by Crippen LogP contribution is -2.36. The van der Waals surface area contributed by atoms with Crippen LogP contribution in [0.25, 0.3) is 0 Å². The number of hydrogen-bond acceptors (Lipinski definition) is 2. The molecule has 0 heterocycles. The van der Waals surface area contributed by atoms with E-state index in [0.717, 1.165) is 6.42 Å². The van der Waals surface area contributed by atoms with Gasteiger partial charge in [-0.05, 0) is 36.8 Å². The molecule has 0 amide bonds. The number of nitrogens with one attached hydrogen (secondary N) is 1. The first-order valence-electron chi connectivity index (χ1n) is 6.30. The monoisotopic (exact) mass is 219 g/mol. The highest BCUT2D eigenvalue weighted by molar-refractivity contribution is 5.32. The van der Waals surface area contributed by atoms with E-state index >= 15 is 0 Å². The van der Waals surface area contributed by atoms with Gasteiger partial charge in [0.05, 0.1) is 6.61 Å². The summed E-state index contributed by atoms with van der Waals surface area (Å²) in [6, 6.07) is 9.33. The van der Waals surface area contributed by atoms with Crippen molar-refractivity contribution in [2.75, 3.05) is 6.61 Å². The van der Waals surface area contributed by atoms with Gasteiger partial charge in [0.2, 0.25) is 0 Å². The number of aryl methyl sites for hydroxylation is 1. The Kier molecular flexibility index (Phi) is 3.97. The van der Waals surface area contributed by atoms with Crippen molar-refractivity contribution in [2.24, 2.45) is 0 Å². The Bertz CT molecular complexity index is 333. The van der Waals surface area contributed by atoms with E-state index < -0.39 is 0 Å². The zero-order chi connectivity index (χ0) is 11.4. The van der Waals surface area contributed by atoms with Crippen molar-refractivity contribution in [3.05, 3.63) is 35.4 Å². The Morgan fingerprint density at radius 2 is 2.25 bits per heavy atom. The van der Waals surface area contributed by atoms with Gasteiger partial charge in [-0.15, -0.1) is 0 Å². The summed E-state index contributed by atoms with van der Waals surface area (Å²) < 4.78 is 0. The molecule has 2 heteroatoms. The number of benzene rings is 1. The lowest BCUT2D eigenvalue weighted by atomic mass is 9.87. The van der Waals surface area contributed by atoms with Crippen LogP contribution in [0.2, 0.25) is 0 Å². The topological polar surface area (TPSA) is 32.3 Å². The highest BCUT2D eigenvalue weighted by Crippen LogP contribution is 2.29. The minimum absolute atomic E-state index is 0.231. The molecule has 2 rings (SSSR count). The van der Waals surface area contributed by atoms with Gasteiger partial charge in [0.15, 0.2) is 0 Å². The minimum Gasteiger partial charge on any atom is -0.395 e. The van der Waals surface area contributed by atoms with Crippen LogP contribution >= 0.6 is 0 Å². The minimum atomic E-state index is 0.231. The third-order valence-corrected chi connectivity index (χ3v) is 3.52. The van der Waals surface area contributed by atoms with Crippen molar-refractivity contribution in [1.29, 1.82) is 0 Å². The van der Waals surface area contributed by atoms with E-state index in [-0.39, 0.29) is 12.6 Å². The summed E-state index contributed by atoms with van der Waals surface area (Å²) in [7, 11) is 0. The van der Waals surface area contributed by atoms with Gasteiger partial charge in [0.25, 0.3) is 0 Å². The Hall–Kier alpha value is -0.860. The van der Waals surface area contributed by atoms with Crippen molar-refractivity contribution in [3.63, 3.8) is 0 Å². The zero-order valence-corrected chi connectivity index (χ0v) is 9.95. The third-order valence-electron chi connectivity index (χ3n) is 3.52. The van der Waals surface area contributed by atoms with Crippen LogP contribution in [0, 0.1) is 0 Å². The summed E-state index contributed by atoms with van der Waals surface area (Å²) in [5.41, 5.74) is 2.90. The summed E-state index contributed by atoms with van der Waals surface area (Å²) in [5, 5.41) is 12.8. The standard InChI is InChI=1S/C14H21NO/c1-2-12(10-16)15-14-9-5-7-11-6-3-4-8-13(11)14/h3-4,6,8,12,14-16H,2,5,7,9-10H2,1H3/t12-,14?/m0/s1. The average Bonchev–Trinajstić information content (AvgIpc) is 2.36. The summed E-state index contributed by atoms with van der Waals surface area (Å²) in [4.78, 5) is 0. The molecule has 88 valence electrons. The van der Waals surface area contributed by atoms with Crippen LogP contribution in [0.4, 0.5) is 0 Å². The molecular formula is C14H21NO. The van der Waals surface area contributed by atoms with E-state index in [4.69, 9.17) is 0 Å². The molecule has 16 heavy (non-hydrogen) atoms. The van der Waals surface area contributed by atoms with Gasteiger partial charge in [-0.25, -0.2) is 0 Å². The molecular weight excluding hydrogens is 198 g/mol. The van der Waals surface area contributed by atoms with Gasteiger partial charge in [-0.2, -0.15) is 0 Å². The Morgan fingerprint density at radius 3 is 3.00 bits per heavy atom. The van der Waals surface area contributed by atoms with E-state index in [2.05, 4.69) is 36.5 Å². The molecule has 0 fully saturated rings. The van der Waals surface area contributed by atoms with Crippen LogP contribution < -0.4 is 5.32 Å². The van der Waals surface area contributed by atoms with Crippen molar-refractivity contribution in [3.8, 4) is 0 Å². The number of rotatable bonds is 4. The molecule has 0 aromatic heterocycles. The summed E-state index contributed by atoms with van der Waals surface area (Å²) in [6.45, 7) is 2.35. The van der Waals surface area contributed by atoms with Gasteiger partial charge in [-0.3, -0.25) is 0 Å². The number of fused-ring (bicyclic) bond motifs is 1. The third kappa shape index (κ3) is 2.45. The second kappa shape index (κ2) is 5.46. The lowest BCUT2D eigenvalue weighted by molar-refractivity contribution is 0.223. The molecule has 0 saturated heterocycles. The SMILES string of the molecule is CC[C@@H](CO)NC1CCCc2ccccc21. The molecule has 0 spiro atoms. The number of aliphatic hydroxyl groups excluding tert-OH is 1. The predicted molar refractivity (Wildman–Crippen MR) is 66.4 cm³/mol. The van der Waals surface area contributed by atoms with E-state index in [1.54, 1.807) is 0 Å². The smallest absolute Gasteiger partial charge is 0.0584 e. The quantitative estimate of drug-likeness (QED) is 0.815. The van der Waals surface area contributed by atoms with Crippen LogP contribution in [-0.4, -0.2) is 17.8 Å². The van der Waals surface area contributed by atoms with Crippen LogP contribution in [0.15, 0.2) is 24.3 Å². The fourth-order valence-electron chi connectivity index (χ4n) is 2.51. The maximum Gasteiger partial charge on any atom is 0.0584 e. The fourth-order valence-corrected chi connectivity index (χ4v) is 2.51. The summed E-state index contributed by atoms with van der Waals surface area (Å²) in [5.74, 6) is 0. The first-order chi connectivity index (χ1) is 7.85. The van der Waals surface area contributed by atoms with Crippen molar-refractivity contribution < 1.29 is 5.11 Å². The van der Waals surface area contributed by atoms with Crippen molar-refractivity contribution in [2.45, 2.75) is 44.7 Å². The zero-order valence-electron chi connectivity index (χ0n) is 9.95. The van der Waals surface area contributed by atoms with Crippen LogP contribution in [0.5, 0.6) is 0 Å². The lowest BCUT2D eigenvalue weighted by Gasteiger charge is -2.29. The molecule has 1 aromatic carbocycles. The van der Waals surface area contributed by atoms with Gasteiger partial charge in [0.1, 0.15) is 0 Å². The van der Waals surface area contributed by atoms with Crippen molar-refractivity contribution >= 4 is 0 Å². The average molecular weight is 219 g/mol. The second-order valence-corrected chi connectivity index (χ2v) is 4.60. The predicted octanol–water partition coefficient (Wildman–Crippen LogP) is 2.42.